The molecule has 0 bridgehead atoms. The number of nitrogens with zero attached hydrogens (tertiary/aromatic N) is 1. The summed E-state index contributed by atoms with van der Waals surface area (Å²) >= 11 is 1.40. The molecule has 3 aromatic rings. The van der Waals surface area contributed by atoms with Gasteiger partial charge in [-0.1, -0.05) is 31.2 Å². The lowest BCUT2D eigenvalue weighted by Gasteiger charge is -2.27. The largest absolute Gasteiger partial charge is 0.483 e. The first-order chi connectivity index (χ1) is 14.9. The topological polar surface area (TPSA) is 58.6 Å². The third-order valence-electron chi connectivity index (χ3n) is 4.77. The lowest BCUT2D eigenvalue weighted by atomic mass is 9.97. The number of ether oxygens (including phenoxy) is 1. The summed E-state index contributed by atoms with van der Waals surface area (Å²) < 4.78 is 19.8. The van der Waals surface area contributed by atoms with Crippen molar-refractivity contribution in [1.82, 2.24) is 10.4 Å². The van der Waals surface area contributed by atoms with E-state index in [9.17, 15) is 14.0 Å². The minimum atomic E-state index is -0.405. The Bertz CT molecular complexity index is 1050. The zero-order chi connectivity index (χ0) is 22.4. The fourth-order valence-corrected chi connectivity index (χ4v) is 3.82. The number of aryl methyl sites for hydroxylation is 1. The van der Waals surface area contributed by atoms with Gasteiger partial charge in [0, 0.05) is 17.0 Å². The third-order valence-corrected chi connectivity index (χ3v) is 5.45. The van der Waals surface area contributed by atoms with Crippen LogP contribution in [0.25, 0.3) is 11.1 Å². The highest BCUT2D eigenvalue weighted by atomic mass is 32.1. The number of thiophene rings is 1. The Hall–Kier alpha value is -3.19. The molecule has 0 aliphatic rings. The average Bonchev–Trinajstić information content (AvgIpc) is 3.31. The first-order valence-electron chi connectivity index (χ1n) is 10.1. The van der Waals surface area contributed by atoms with Gasteiger partial charge in [-0.05, 0) is 61.0 Å². The van der Waals surface area contributed by atoms with E-state index < -0.39 is 5.91 Å². The van der Waals surface area contributed by atoms with Gasteiger partial charge < -0.3 is 4.74 Å². The number of hydrogen-bond donors (Lipinski definition) is 1. The maximum Gasteiger partial charge on any atom is 0.279 e. The molecule has 1 aromatic heterocycles. The van der Waals surface area contributed by atoms with E-state index in [-0.39, 0.29) is 24.4 Å². The van der Waals surface area contributed by atoms with Gasteiger partial charge in [0.15, 0.2) is 6.61 Å². The van der Waals surface area contributed by atoms with Crippen molar-refractivity contribution in [2.75, 3.05) is 6.61 Å². The van der Waals surface area contributed by atoms with Gasteiger partial charge in [0.1, 0.15) is 11.6 Å². The first-order valence-corrected chi connectivity index (χ1v) is 11.0. The molecule has 5 nitrogen and oxygen atoms in total. The number of carbonyl (C=O) groups excluding carboxylic acids is 2. The standard InChI is InChI=1S/C24H25FN2O3S/c1-4-17-7-5-6-8-20(17)21-13-19(25)9-10-22(21)30-14-23(28)27(16(2)3)26-24(29)18-11-12-31-15-18/h5-13,15-16H,4,14H2,1-3H3,(H,26,29). The Morgan fingerprint density at radius 1 is 1.13 bits per heavy atom. The van der Waals surface area contributed by atoms with E-state index in [2.05, 4.69) is 5.43 Å². The fourth-order valence-electron chi connectivity index (χ4n) is 3.19. The molecule has 0 aliphatic carbocycles. The van der Waals surface area contributed by atoms with E-state index in [0.717, 1.165) is 17.5 Å². The van der Waals surface area contributed by atoms with Gasteiger partial charge in [-0.25, -0.2) is 9.40 Å². The summed E-state index contributed by atoms with van der Waals surface area (Å²) in [5, 5.41) is 4.76. The SMILES string of the molecule is CCc1ccccc1-c1cc(F)ccc1OCC(=O)N(NC(=O)c1ccsc1)C(C)C. The molecule has 0 saturated heterocycles. The monoisotopic (exact) mass is 440 g/mol. The van der Waals surface area contributed by atoms with Crippen LogP contribution in [0.4, 0.5) is 4.39 Å². The summed E-state index contributed by atoms with van der Waals surface area (Å²) in [6, 6.07) is 13.4. The molecule has 0 aliphatic heterocycles. The Morgan fingerprint density at radius 3 is 2.58 bits per heavy atom. The molecule has 31 heavy (non-hydrogen) atoms. The van der Waals surface area contributed by atoms with Crippen LogP contribution in [0, 0.1) is 5.82 Å². The minimum absolute atomic E-state index is 0.271. The zero-order valence-corrected chi connectivity index (χ0v) is 18.5. The highest BCUT2D eigenvalue weighted by molar-refractivity contribution is 7.08. The molecule has 3 rings (SSSR count). The number of halogens is 1. The molecule has 0 saturated carbocycles. The Kier molecular flexibility index (Phi) is 7.41. The predicted molar refractivity (Wildman–Crippen MR) is 120 cm³/mol. The second kappa shape index (κ2) is 10.2. The molecule has 0 spiro atoms. The number of rotatable bonds is 7. The van der Waals surface area contributed by atoms with Gasteiger partial charge in [-0.3, -0.25) is 15.0 Å². The van der Waals surface area contributed by atoms with E-state index in [0.29, 0.717) is 16.9 Å². The first kappa shape index (κ1) is 22.5. The van der Waals surface area contributed by atoms with Crippen molar-refractivity contribution in [1.29, 1.82) is 0 Å². The van der Waals surface area contributed by atoms with Crippen LogP contribution in [-0.2, 0) is 11.2 Å². The average molecular weight is 441 g/mol. The van der Waals surface area contributed by atoms with E-state index in [1.807, 2.05) is 31.2 Å². The molecule has 0 atom stereocenters. The van der Waals surface area contributed by atoms with E-state index >= 15 is 0 Å². The van der Waals surface area contributed by atoms with Crippen molar-refractivity contribution in [3.05, 3.63) is 76.2 Å². The van der Waals surface area contributed by atoms with Crippen molar-refractivity contribution in [3.63, 3.8) is 0 Å². The highest BCUT2D eigenvalue weighted by Crippen LogP contribution is 2.33. The van der Waals surface area contributed by atoms with Gasteiger partial charge >= 0.3 is 0 Å². The Balaban J connectivity index is 1.78. The van der Waals surface area contributed by atoms with Gasteiger partial charge in [0.05, 0.1) is 5.56 Å². The zero-order valence-electron chi connectivity index (χ0n) is 17.7. The quantitative estimate of drug-likeness (QED) is 0.522. The Morgan fingerprint density at radius 2 is 1.90 bits per heavy atom. The summed E-state index contributed by atoms with van der Waals surface area (Å²) in [6.07, 6.45) is 0.779. The predicted octanol–water partition coefficient (Wildman–Crippen LogP) is 5.08. The van der Waals surface area contributed by atoms with Crippen molar-refractivity contribution in [3.8, 4) is 16.9 Å². The van der Waals surface area contributed by atoms with Crippen molar-refractivity contribution >= 4 is 23.2 Å². The molecule has 7 heteroatoms. The van der Waals surface area contributed by atoms with Crippen LogP contribution in [0.15, 0.2) is 59.3 Å². The normalized spacial score (nSPS) is 10.7. The summed E-state index contributed by atoms with van der Waals surface area (Å²) in [7, 11) is 0. The highest BCUT2D eigenvalue weighted by Gasteiger charge is 2.22. The lowest BCUT2D eigenvalue weighted by molar-refractivity contribution is -0.137. The second-order valence-corrected chi connectivity index (χ2v) is 8.03. The lowest BCUT2D eigenvalue weighted by Crippen LogP contribution is -2.51. The number of hydrogen-bond acceptors (Lipinski definition) is 4. The molecule has 2 amide bonds. The summed E-state index contributed by atoms with van der Waals surface area (Å²) in [6.45, 7) is 5.33. The van der Waals surface area contributed by atoms with E-state index in [4.69, 9.17) is 4.74 Å². The molecule has 0 unspecified atom stereocenters. The number of amides is 2. The maximum atomic E-state index is 14.0. The van der Waals surface area contributed by atoms with Crippen LogP contribution in [0.1, 0.15) is 36.7 Å². The van der Waals surface area contributed by atoms with Crippen molar-refractivity contribution in [2.24, 2.45) is 0 Å². The van der Waals surface area contributed by atoms with E-state index in [1.165, 1.54) is 34.5 Å². The molecular formula is C24H25FN2O3S. The molecule has 2 aromatic carbocycles. The van der Waals surface area contributed by atoms with Gasteiger partial charge in [-0.2, -0.15) is 11.3 Å². The van der Waals surface area contributed by atoms with Crippen molar-refractivity contribution in [2.45, 2.75) is 33.2 Å². The summed E-state index contributed by atoms with van der Waals surface area (Å²) in [5.41, 5.74) is 5.63. The summed E-state index contributed by atoms with van der Waals surface area (Å²) in [4.78, 5) is 25.2. The van der Waals surface area contributed by atoms with Gasteiger partial charge in [-0.15, -0.1) is 0 Å². The Labute approximate surface area is 185 Å². The molecular weight excluding hydrogens is 415 g/mol. The van der Waals surface area contributed by atoms with Gasteiger partial charge in [0.2, 0.25) is 0 Å². The summed E-state index contributed by atoms with van der Waals surface area (Å²) in [5.74, 6) is -0.741. The number of hydrazine groups is 1. The maximum absolute atomic E-state index is 14.0. The van der Waals surface area contributed by atoms with E-state index in [1.54, 1.807) is 30.7 Å². The van der Waals surface area contributed by atoms with Crippen LogP contribution in [0.5, 0.6) is 5.75 Å². The van der Waals surface area contributed by atoms with Crippen LogP contribution < -0.4 is 10.2 Å². The third kappa shape index (κ3) is 5.49. The van der Waals surface area contributed by atoms with Gasteiger partial charge in [0.25, 0.3) is 11.8 Å². The smallest absolute Gasteiger partial charge is 0.279 e. The van der Waals surface area contributed by atoms with Crippen molar-refractivity contribution < 1.29 is 18.7 Å². The number of carbonyl (C=O) groups is 2. The van der Waals surface area contributed by atoms with Crippen LogP contribution in [0.3, 0.4) is 0 Å². The molecule has 1 N–H and O–H groups in total. The van der Waals surface area contributed by atoms with Crippen LogP contribution in [0.2, 0.25) is 0 Å². The van der Waals surface area contributed by atoms with Crippen LogP contribution in [-0.4, -0.2) is 29.5 Å². The molecule has 162 valence electrons. The minimum Gasteiger partial charge on any atom is -0.483 e. The molecule has 1 heterocycles. The molecule has 0 radical (unpaired) electrons. The van der Waals surface area contributed by atoms with Crippen LogP contribution >= 0.6 is 11.3 Å². The fraction of sp³-hybridized carbons (Fsp3) is 0.250. The number of nitrogens with one attached hydrogen (secondary N) is 1. The molecule has 0 fully saturated rings. The second-order valence-electron chi connectivity index (χ2n) is 7.25. The number of benzene rings is 2.